The second kappa shape index (κ2) is 19.4. The molecule has 0 aliphatic carbocycles. The van der Waals surface area contributed by atoms with Gasteiger partial charge in [0.2, 0.25) is 0 Å². The molecule has 0 amide bonds. The predicted octanol–water partition coefficient (Wildman–Crippen LogP) is 19.2. The number of fused-ring (bicyclic) bond motifs is 4. The summed E-state index contributed by atoms with van der Waals surface area (Å²) in [5.74, 6) is 2.39. The predicted molar refractivity (Wildman–Crippen MR) is 327 cm³/mol. The molecule has 0 fully saturated rings. The lowest BCUT2D eigenvalue weighted by atomic mass is 9.73. The smallest absolute Gasteiger partial charge is 0.137 e. The number of para-hydroxylation sites is 2. The average Bonchev–Trinajstić information content (AvgIpc) is 4.15. The van der Waals surface area contributed by atoms with Crippen LogP contribution in [-0.4, -0.2) is 16.2 Å². The number of hydrogen-bond acceptors (Lipinski definition) is 4. The van der Waals surface area contributed by atoms with E-state index in [1.807, 2.05) is 6.20 Å². The van der Waals surface area contributed by atoms with Crippen LogP contribution in [0.15, 0.2) is 237 Å². The zero-order valence-electron chi connectivity index (χ0n) is 46.4. The molecule has 9 aromatic carbocycles. The van der Waals surface area contributed by atoms with E-state index in [0.717, 1.165) is 67.4 Å². The monoisotopic (exact) mass is 1020 g/mol. The second-order valence-electron chi connectivity index (χ2n) is 23.8. The molecule has 2 aromatic heterocycles. The van der Waals surface area contributed by atoms with Crippen LogP contribution in [-0.2, 0) is 21.7 Å². The lowest BCUT2D eigenvalue weighted by Gasteiger charge is -2.33. The van der Waals surface area contributed by atoms with Crippen molar-refractivity contribution in [3.05, 3.63) is 276 Å². The SMILES string of the molecule is CC(C)(C)c1ccnc(-n2c3ccc(-c4ccccc4)cc3c3ccc(Oc4cc(N5CN(c6cc(C(C)(C)c7ccccc7)cc(C(C)(C)c7ccccc7)c6)c6ccccc65)cc(C(C)(C)c5ccccc5)c4)cc32)c1. The molecule has 0 atom stereocenters. The van der Waals surface area contributed by atoms with Crippen molar-refractivity contribution in [3.63, 3.8) is 0 Å². The van der Waals surface area contributed by atoms with Gasteiger partial charge in [-0.05, 0) is 128 Å². The third-order valence-corrected chi connectivity index (χ3v) is 16.8. The van der Waals surface area contributed by atoms with Crippen LogP contribution in [0.2, 0.25) is 0 Å². The lowest BCUT2D eigenvalue weighted by Crippen LogP contribution is -2.27. The van der Waals surface area contributed by atoms with E-state index in [9.17, 15) is 0 Å². The minimum Gasteiger partial charge on any atom is -0.457 e. The zero-order chi connectivity index (χ0) is 54.0. The molecule has 78 heavy (non-hydrogen) atoms. The molecule has 386 valence electrons. The van der Waals surface area contributed by atoms with Crippen LogP contribution in [0.4, 0.5) is 22.7 Å². The van der Waals surface area contributed by atoms with E-state index in [4.69, 9.17) is 9.72 Å². The van der Waals surface area contributed by atoms with Crippen molar-refractivity contribution in [2.75, 3.05) is 16.5 Å². The number of rotatable bonds is 12. The number of hydrogen-bond donors (Lipinski definition) is 0. The van der Waals surface area contributed by atoms with Crippen molar-refractivity contribution in [1.82, 2.24) is 9.55 Å². The van der Waals surface area contributed by atoms with E-state index in [0.29, 0.717) is 6.67 Å². The van der Waals surface area contributed by atoms with Gasteiger partial charge in [-0.1, -0.05) is 208 Å². The van der Waals surface area contributed by atoms with E-state index < -0.39 is 0 Å². The third kappa shape index (κ3) is 9.11. The first-order chi connectivity index (χ1) is 37.5. The summed E-state index contributed by atoms with van der Waals surface area (Å²) in [4.78, 5) is 9.99. The van der Waals surface area contributed by atoms with Gasteiger partial charge in [-0.2, -0.15) is 0 Å². The van der Waals surface area contributed by atoms with E-state index in [-0.39, 0.29) is 21.7 Å². The Labute approximate surface area is 461 Å². The van der Waals surface area contributed by atoms with Crippen LogP contribution in [0, 0.1) is 0 Å². The number of nitrogens with zero attached hydrogens (tertiary/aromatic N) is 4. The number of ether oxygens (including phenoxy) is 1. The lowest BCUT2D eigenvalue weighted by molar-refractivity contribution is 0.480. The summed E-state index contributed by atoms with van der Waals surface area (Å²) in [6.45, 7) is 21.4. The van der Waals surface area contributed by atoms with E-state index >= 15 is 0 Å². The van der Waals surface area contributed by atoms with Crippen LogP contribution in [0.3, 0.4) is 0 Å². The largest absolute Gasteiger partial charge is 0.457 e. The Hall–Kier alpha value is -8.67. The molecule has 0 bridgehead atoms. The molecule has 12 rings (SSSR count). The fraction of sp³-hybridized carbons (Fsp3) is 0.192. The van der Waals surface area contributed by atoms with E-state index in [1.165, 1.54) is 44.5 Å². The van der Waals surface area contributed by atoms with Crippen molar-refractivity contribution in [1.29, 1.82) is 0 Å². The maximum Gasteiger partial charge on any atom is 0.137 e. The highest BCUT2D eigenvalue weighted by Gasteiger charge is 2.34. The molecule has 1 aliphatic rings. The maximum absolute atomic E-state index is 7.23. The molecule has 1 aliphatic heterocycles. The number of benzene rings is 9. The maximum atomic E-state index is 7.23. The minimum absolute atomic E-state index is 0.0557. The molecule has 0 spiro atoms. The summed E-state index contributed by atoms with van der Waals surface area (Å²) in [7, 11) is 0. The molecule has 11 aromatic rings. The highest BCUT2D eigenvalue weighted by molar-refractivity contribution is 6.10. The Kier molecular flexibility index (Phi) is 12.5. The summed E-state index contributed by atoms with van der Waals surface area (Å²) < 4.78 is 9.54. The van der Waals surface area contributed by atoms with Gasteiger partial charge in [0.1, 0.15) is 24.0 Å². The van der Waals surface area contributed by atoms with E-state index in [2.05, 4.69) is 307 Å². The number of aromatic nitrogens is 2. The molecule has 0 saturated carbocycles. The Bertz CT molecular complexity index is 3910. The molecule has 0 N–H and O–H groups in total. The molecular weight excluding hydrogens is 949 g/mol. The Morgan fingerprint density at radius 3 is 1.40 bits per heavy atom. The quantitative estimate of drug-likeness (QED) is 0.122. The minimum atomic E-state index is -0.361. The summed E-state index contributed by atoms with van der Waals surface area (Å²) in [5.41, 5.74) is 16.8. The van der Waals surface area contributed by atoms with Gasteiger partial charge in [0, 0.05) is 56.7 Å². The van der Waals surface area contributed by atoms with Crippen LogP contribution in [0.5, 0.6) is 11.5 Å². The third-order valence-electron chi connectivity index (χ3n) is 16.8. The Morgan fingerprint density at radius 1 is 0.359 bits per heavy atom. The summed E-state index contributed by atoms with van der Waals surface area (Å²) in [6.07, 6.45) is 1.94. The highest BCUT2D eigenvalue weighted by Crippen LogP contribution is 2.49. The average molecular weight is 1020 g/mol. The summed E-state index contributed by atoms with van der Waals surface area (Å²) in [6, 6.07) is 84.0. The van der Waals surface area contributed by atoms with Crippen molar-refractivity contribution < 1.29 is 4.74 Å². The van der Waals surface area contributed by atoms with Crippen LogP contribution < -0.4 is 14.5 Å². The molecule has 0 radical (unpaired) electrons. The fourth-order valence-electron chi connectivity index (χ4n) is 11.6. The van der Waals surface area contributed by atoms with Crippen LogP contribution in [0.1, 0.15) is 101 Å². The van der Waals surface area contributed by atoms with Gasteiger partial charge in [0.25, 0.3) is 0 Å². The molecule has 5 nitrogen and oxygen atoms in total. The second-order valence-corrected chi connectivity index (χ2v) is 23.8. The van der Waals surface area contributed by atoms with Gasteiger partial charge in [-0.3, -0.25) is 4.57 Å². The first-order valence-electron chi connectivity index (χ1n) is 27.4. The topological polar surface area (TPSA) is 33.5 Å². The number of pyridine rings is 1. The molecule has 0 saturated heterocycles. The van der Waals surface area contributed by atoms with Crippen LogP contribution >= 0.6 is 0 Å². The van der Waals surface area contributed by atoms with Gasteiger partial charge in [0.15, 0.2) is 0 Å². The van der Waals surface area contributed by atoms with E-state index in [1.54, 1.807) is 0 Å². The number of anilines is 4. The highest BCUT2D eigenvalue weighted by atomic mass is 16.5. The fourth-order valence-corrected chi connectivity index (χ4v) is 11.6. The van der Waals surface area contributed by atoms with Gasteiger partial charge in [-0.15, -0.1) is 0 Å². The van der Waals surface area contributed by atoms with Crippen molar-refractivity contribution >= 4 is 44.6 Å². The molecule has 3 heterocycles. The molecule has 5 heteroatoms. The normalized spacial score (nSPS) is 13.1. The molecular formula is C73H68N4O. The van der Waals surface area contributed by atoms with Gasteiger partial charge in [0.05, 0.1) is 22.4 Å². The van der Waals surface area contributed by atoms with Crippen molar-refractivity contribution in [2.24, 2.45) is 0 Å². The van der Waals surface area contributed by atoms with Crippen molar-refractivity contribution in [3.8, 4) is 28.4 Å². The standard InChI is InChI=1S/C73H68N4O/c1-70(2,3)55-38-39-74-69(46-55)77-65-37-34-51(50-24-14-10-15-25-50)40-64(65)63-36-35-61(48-68(63)77)78-62-45-58(73(8,9)54-30-20-13-21-31-54)44-60(47-62)76-49-75(66-32-22-23-33-67(66)76)59-42-56(71(4,5)52-26-16-11-17-27-52)41-57(43-59)72(6,7)53-28-18-12-19-29-53/h10-48H,49H2,1-9H3. The summed E-state index contributed by atoms with van der Waals surface area (Å²) in [5, 5.41) is 2.30. The zero-order valence-corrected chi connectivity index (χ0v) is 46.4. The Balaban J connectivity index is 0.993. The Morgan fingerprint density at radius 2 is 0.859 bits per heavy atom. The first-order valence-corrected chi connectivity index (χ1v) is 27.4. The summed E-state index contributed by atoms with van der Waals surface area (Å²) >= 11 is 0. The van der Waals surface area contributed by atoms with Gasteiger partial charge >= 0.3 is 0 Å². The molecule has 0 unspecified atom stereocenters. The first kappa shape index (κ1) is 50.2. The van der Waals surface area contributed by atoms with Crippen molar-refractivity contribution in [2.45, 2.75) is 84.0 Å². The van der Waals surface area contributed by atoms with Crippen LogP contribution in [0.25, 0.3) is 38.8 Å². The van der Waals surface area contributed by atoms with Gasteiger partial charge < -0.3 is 14.5 Å². The van der Waals surface area contributed by atoms with Gasteiger partial charge in [-0.25, -0.2) is 4.98 Å².